The molecule has 1 aromatic carbocycles. The molecule has 0 spiro atoms. The Morgan fingerprint density at radius 1 is 1.32 bits per heavy atom. The van der Waals surface area contributed by atoms with E-state index >= 15 is 0 Å². The first-order valence-electron chi connectivity index (χ1n) is 8.57. The van der Waals surface area contributed by atoms with Crippen LogP contribution in [0.4, 0.5) is 5.69 Å². The van der Waals surface area contributed by atoms with Gasteiger partial charge in [0.1, 0.15) is 6.33 Å². The second-order valence-electron chi connectivity index (χ2n) is 6.57. The summed E-state index contributed by atoms with van der Waals surface area (Å²) in [5, 5.41) is 8.13. The van der Waals surface area contributed by atoms with E-state index in [2.05, 4.69) is 14.9 Å². The number of benzene rings is 1. The van der Waals surface area contributed by atoms with Crippen LogP contribution in [0.5, 0.6) is 0 Å². The molecule has 8 heteroatoms. The first-order chi connectivity index (χ1) is 12.0. The molecule has 7 nitrogen and oxygen atoms in total. The largest absolute Gasteiger partial charge is 0.377 e. The summed E-state index contributed by atoms with van der Waals surface area (Å²) in [5.41, 5.74) is 1.22. The average Bonchev–Trinajstić information content (AvgIpc) is 3.05. The zero-order valence-corrected chi connectivity index (χ0v) is 15.4. The monoisotopic (exact) mass is 364 g/mol. The van der Waals surface area contributed by atoms with Gasteiger partial charge in [-0.05, 0) is 45.2 Å². The van der Waals surface area contributed by atoms with Gasteiger partial charge in [0.2, 0.25) is 10.0 Å². The minimum Gasteiger partial charge on any atom is -0.377 e. The highest BCUT2D eigenvalue weighted by atomic mass is 32.2. The molecule has 1 fully saturated rings. The van der Waals surface area contributed by atoms with Crippen molar-refractivity contribution in [1.29, 1.82) is 0 Å². The third-order valence-corrected chi connectivity index (χ3v) is 5.58. The van der Waals surface area contributed by atoms with Crippen LogP contribution in [-0.4, -0.2) is 41.6 Å². The lowest BCUT2D eigenvalue weighted by Gasteiger charge is -2.23. The summed E-state index contributed by atoms with van der Waals surface area (Å²) in [6.07, 6.45) is 4.20. The molecule has 2 aromatic rings. The van der Waals surface area contributed by atoms with Crippen LogP contribution >= 0.6 is 0 Å². The third-order valence-electron chi connectivity index (χ3n) is 4.24. The van der Waals surface area contributed by atoms with E-state index in [1.165, 1.54) is 0 Å². The lowest BCUT2D eigenvalue weighted by atomic mass is 10.1. The van der Waals surface area contributed by atoms with Crippen molar-refractivity contribution in [2.75, 3.05) is 17.1 Å². The smallest absolute Gasteiger partial charge is 0.235 e. The van der Waals surface area contributed by atoms with Gasteiger partial charge in [0.25, 0.3) is 0 Å². The molecule has 136 valence electrons. The molecule has 1 unspecified atom stereocenters. The summed E-state index contributed by atoms with van der Waals surface area (Å²) < 4.78 is 35.3. The fraction of sp³-hybridized carbons (Fsp3) is 0.529. The summed E-state index contributed by atoms with van der Waals surface area (Å²) in [5.74, 6) is 0.611. The number of ether oxygens (including phenoxy) is 1. The molecule has 0 radical (unpaired) electrons. The zero-order chi connectivity index (χ0) is 17.9. The van der Waals surface area contributed by atoms with Crippen molar-refractivity contribution in [2.24, 2.45) is 0 Å². The Morgan fingerprint density at radius 3 is 2.84 bits per heavy atom. The lowest BCUT2D eigenvalue weighted by molar-refractivity contribution is 0.0306. The number of anilines is 1. The molecule has 1 atom stereocenters. The quantitative estimate of drug-likeness (QED) is 0.852. The van der Waals surface area contributed by atoms with Gasteiger partial charge in [0.05, 0.1) is 17.5 Å². The van der Waals surface area contributed by atoms with Gasteiger partial charge in [-0.1, -0.05) is 12.1 Å². The van der Waals surface area contributed by atoms with Crippen molar-refractivity contribution in [3.05, 3.63) is 30.6 Å². The Bertz CT molecular complexity index is 811. The Kier molecular flexibility index (Phi) is 5.39. The number of para-hydroxylation sites is 1. The number of aromatic nitrogens is 3. The minimum atomic E-state index is -3.51. The molecular formula is C17H24N4O3S. The van der Waals surface area contributed by atoms with Crippen molar-refractivity contribution in [2.45, 2.75) is 45.3 Å². The third kappa shape index (κ3) is 4.38. The summed E-state index contributed by atoms with van der Waals surface area (Å²) in [4.78, 5) is 0. The molecule has 1 aromatic heterocycles. The maximum Gasteiger partial charge on any atom is 0.235 e. The molecule has 25 heavy (non-hydrogen) atoms. The van der Waals surface area contributed by atoms with Gasteiger partial charge in [-0.3, -0.25) is 4.72 Å². The van der Waals surface area contributed by atoms with Crippen molar-refractivity contribution in [3.63, 3.8) is 0 Å². The van der Waals surface area contributed by atoms with Crippen LogP contribution in [0.1, 0.15) is 39.2 Å². The number of rotatable bonds is 6. The second kappa shape index (κ2) is 7.53. The van der Waals surface area contributed by atoms with E-state index in [-0.39, 0.29) is 17.9 Å². The van der Waals surface area contributed by atoms with Gasteiger partial charge in [-0.25, -0.2) is 8.42 Å². The van der Waals surface area contributed by atoms with Gasteiger partial charge >= 0.3 is 0 Å². The SMILES string of the molecule is CC(C)n1cnnc1-c1ccccc1NS(=O)(=O)CC1CCCCO1. The molecule has 0 saturated carbocycles. The molecular weight excluding hydrogens is 340 g/mol. The highest BCUT2D eigenvalue weighted by Crippen LogP contribution is 2.29. The van der Waals surface area contributed by atoms with Crippen LogP contribution in [0, 0.1) is 0 Å². The van der Waals surface area contributed by atoms with Gasteiger partial charge in [0, 0.05) is 18.2 Å². The predicted octanol–water partition coefficient (Wildman–Crippen LogP) is 2.84. The molecule has 1 saturated heterocycles. The molecule has 0 amide bonds. The number of nitrogens with one attached hydrogen (secondary N) is 1. The second-order valence-corrected chi connectivity index (χ2v) is 8.34. The lowest BCUT2D eigenvalue weighted by Crippen LogP contribution is -2.31. The average molecular weight is 364 g/mol. The summed E-state index contributed by atoms with van der Waals surface area (Å²) in [7, 11) is -3.51. The van der Waals surface area contributed by atoms with Gasteiger partial charge in [0.15, 0.2) is 5.82 Å². The molecule has 1 N–H and O–H groups in total. The van der Waals surface area contributed by atoms with Gasteiger partial charge < -0.3 is 9.30 Å². The van der Waals surface area contributed by atoms with Crippen molar-refractivity contribution < 1.29 is 13.2 Å². The number of sulfonamides is 1. The first kappa shape index (κ1) is 17.9. The van der Waals surface area contributed by atoms with E-state index in [9.17, 15) is 8.42 Å². The van der Waals surface area contributed by atoms with E-state index < -0.39 is 10.0 Å². The van der Waals surface area contributed by atoms with E-state index in [4.69, 9.17) is 4.74 Å². The van der Waals surface area contributed by atoms with E-state index in [1.807, 2.05) is 30.5 Å². The molecule has 0 bridgehead atoms. The summed E-state index contributed by atoms with van der Waals surface area (Å²) in [6.45, 7) is 4.69. The molecule has 2 heterocycles. The van der Waals surface area contributed by atoms with Gasteiger partial charge in [-0.15, -0.1) is 10.2 Å². The summed E-state index contributed by atoms with van der Waals surface area (Å²) in [6, 6.07) is 7.42. The minimum absolute atomic E-state index is 0.0296. The molecule has 1 aliphatic heterocycles. The van der Waals surface area contributed by atoms with E-state index in [0.29, 0.717) is 23.7 Å². The number of hydrogen-bond acceptors (Lipinski definition) is 5. The Labute approximate surface area is 148 Å². The van der Waals surface area contributed by atoms with Crippen LogP contribution in [-0.2, 0) is 14.8 Å². The predicted molar refractivity (Wildman–Crippen MR) is 96.8 cm³/mol. The maximum atomic E-state index is 12.6. The molecule has 3 rings (SSSR count). The molecule has 1 aliphatic rings. The maximum absolute atomic E-state index is 12.6. The van der Waals surface area contributed by atoms with Crippen molar-refractivity contribution in [1.82, 2.24) is 14.8 Å². The number of nitrogens with zero attached hydrogens (tertiary/aromatic N) is 3. The van der Waals surface area contributed by atoms with Crippen LogP contribution < -0.4 is 4.72 Å². The topological polar surface area (TPSA) is 86.1 Å². The summed E-state index contributed by atoms with van der Waals surface area (Å²) >= 11 is 0. The van der Waals surface area contributed by atoms with Gasteiger partial charge in [-0.2, -0.15) is 0 Å². The van der Waals surface area contributed by atoms with Crippen molar-refractivity contribution >= 4 is 15.7 Å². The Morgan fingerprint density at radius 2 is 2.12 bits per heavy atom. The zero-order valence-electron chi connectivity index (χ0n) is 14.6. The van der Waals surface area contributed by atoms with Crippen LogP contribution in [0.25, 0.3) is 11.4 Å². The Balaban J connectivity index is 1.84. The van der Waals surface area contributed by atoms with Crippen LogP contribution in [0.3, 0.4) is 0 Å². The van der Waals surface area contributed by atoms with E-state index in [1.54, 1.807) is 18.5 Å². The normalized spacial score (nSPS) is 18.4. The number of hydrogen-bond donors (Lipinski definition) is 1. The van der Waals surface area contributed by atoms with Crippen LogP contribution in [0.2, 0.25) is 0 Å². The van der Waals surface area contributed by atoms with Crippen LogP contribution in [0.15, 0.2) is 30.6 Å². The Hall–Kier alpha value is -1.93. The highest BCUT2D eigenvalue weighted by molar-refractivity contribution is 7.92. The van der Waals surface area contributed by atoms with Crippen molar-refractivity contribution in [3.8, 4) is 11.4 Å². The fourth-order valence-corrected chi connectivity index (χ4v) is 4.32. The van der Waals surface area contributed by atoms with E-state index in [0.717, 1.165) is 19.3 Å². The standard InChI is InChI=1S/C17H24N4O3S/c1-13(2)21-12-18-19-17(21)15-8-3-4-9-16(15)20-25(22,23)11-14-7-5-6-10-24-14/h3-4,8-9,12-14,20H,5-7,10-11H2,1-2H3. The molecule has 0 aliphatic carbocycles. The fourth-order valence-electron chi connectivity index (χ4n) is 2.97. The first-order valence-corrected chi connectivity index (χ1v) is 10.2. The highest BCUT2D eigenvalue weighted by Gasteiger charge is 2.23.